The number of carbonyl (C=O) groups is 2. The Morgan fingerprint density at radius 2 is 1.87 bits per heavy atom. The molecule has 0 saturated carbocycles. The van der Waals surface area contributed by atoms with E-state index in [0.717, 1.165) is 32.8 Å². The van der Waals surface area contributed by atoms with Crippen LogP contribution in [0.1, 0.15) is 26.8 Å². The first-order valence-corrected chi connectivity index (χ1v) is 9.49. The normalized spacial score (nSPS) is 13.2. The van der Waals surface area contributed by atoms with Crippen LogP contribution in [0, 0.1) is 11.3 Å². The number of nitrogens with one attached hydrogen (secondary N) is 1. The van der Waals surface area contributed by atoms with E-state index in [9.17, 15) is 14.9 Å². The number of ether oxygens (including phenoxy) is 1. The lowest BCUT2D eigenvalue weighted by molar-refractivity contribution is -0.115. The molecule has 1 saturated heterocycles. The molecule has 0 spiro atoms. The lowest BCUT2D eigenvalue weighted by Crippen LogP contribution is -2.30. The summed E-state index contributed by atoms with van der Waals surface area (Å²) in [4.78, 5) is 24.9. The van der Waals surface area contributed by atoms with Gasteiger partial charge in [0.15, 0.2) is 0 Å². The molecule has 1 aliphatic heterocycles. The van der Waals surface area contributed by atoms with Crippen molar-refractivity contribution in [2.45, 2.75) is 27.8 Å². The maximum absolute atomic E-state index is 11.9. The number of imide groups is 1. The highest BCUT2D eigenvalue weighted by Gasteiger charge is 2.30. The Morgan fingerprint density at radius 1 is 1.13 bits per heavy atom. The molecule has 2 aromatic carbocycles. The minimum Gasteiger partial charge on any atom is -0.494 e. The molecule has 4 rings (SSSR count). The van der Waals surface area contributed by atoms with E-state index in [1.807, 2.05) is 44.2 Å². The van der Waals surface area contributed by atoms with E-state index in [1.54, 1.807) is 12.1 Å². The van der Waals surface area contributed by atoms with Gasteiger partial charge >= 0.3 is 6.03 Å². The Hall–Kier alpha value is -3.79. The van der Waals surface area contributed by atoms with E-state index in [0.29, 0.717) is 24.4 Å². The van der Waals surface area contributed by atoms with E-state index in [2.05, 4.69) is 16.0 Å². The van der Waals surface area contributed by atoms with Gasteiger partial charge in [-0.15, -0.1) is 0 Å². The molecule has 1 aromatic heterocycles. The lowest BCUT2D eigenvalue weighted by Gasteiger charge is -2.14. The highest BCUT2D eigenvalue weighted by molar-refractivity contribution is 6.19. The van der Waals surface area contributed by atoms with Crippen molar-refractivity contribution in [3.8, 4) is 23.1 Å². The van der Waals surface area contributed by atoms with Gasteiger partial charge < -0.3 is 14.6 Å². The van der Waals surface area contributed by atoms with Crippen LogP contribution in [0.15, 0.2) is 42.5 Å². The molecule has 0 atom stereocenters. The van der Waals surface area contributed by atoms with Gasteiger partial charge in [-0.1, -0.05) is 19.6 Å². The molecule has 1 fully saturated rings. The number of amides is 3. The van der Waals surface area contributed by atoms with Crippen LogP contribution in [0.25, 0.3) is 22.2 Å². The monoisotopic (exact) mass is 404 g/mol. The summed E-state index contributed by atoms with van der Waals surface area (Å²) in [5.74, 6) is 0.476. The van der Waals surface area contributed by atoms with E-state index in [1.165, 1.54) is 0 Å². The Bertz CT molecular complexity index is 1140. The van der Waals surface area contributed by atoms with E-state index < -0.39 is 6.03 Å². The number of carbonyl (C=O) groups excluding carboxylic acids is 2. The third kappa shape index (κ3) is 3.26. The second-order valence-corrected chi connectivity index (χ2v) is 6.63. The third-order valence-electron chi connectivity index (χ3n) is 5.02. The van der Waals surface area contributed by atoms with Crippen LogP contribution in [0.2, 0.25) is 0 Å². The summed E-state index contributed by atoms with van der Waals surface area (Å²) < 4.78 is 7.71. The summed E-state index contributed by atoms with van der Waals surface area (Å²) in [6.07, 6.45) is 0. The van der Waals surface area contributed by atoms with Gasteiger partial charge in [0.1, 0.15) is 11.8 Å². The van der Waals surface area contributed by atoms with Crippen LogP contribution in [0.4, 0.5) is 10.5 Å². The van der Waals surface area contributed by atoms with Gasteiger partial charge in [-0.2, -0.15) is 5.26 Å². The summed E-state index contributed by atoms with van der Waals surface area (Å²) in [6, 6.07) is 14.8. The maximum atomic E-state index is 11.9. The number of rotatable bonds is 5. The van der Waals surface area contributed by atoms with Crippen LogP contribution in [0.3, 0.4) is 0 Å². The Kier molecular flexibility index (Phi) is 5.79. The van der Waals surface area contributed by atoms with Crippen molar-refractivity contribution in [1.82, 2.24) is 9.88 Å². The Balaban J connectivity index is 0.00000256. The highest BCUT2D eigenvalue weighted by Crippen LogP contribution is 2.36. The van der Waals surface area contributed by atoms with Crippen LogP contribution in [-0.4, -0.2) is 29.7 Å². The second-order valence-electron chi connectivity index (χ2n) is 6.63. The SMILES string of the molecule is C.CCOc1ccc2c(C#N)c(-c3ccc(N4C(=O)CNC4=O)cc3)n(CC)c2c1. The van der Waals surface area contributed by atoms with Gasteiger partial charge in [-0.25, -0.2) is 9.69 Å². The molecule has 0 bridgehead atoms. The topological polar surface area (TPSA) is 87.4 Å². The second kappa shape index (κ2) is 8.29. The molecule has 30 heavy (non-hydrogen) atoms. The first-order valence-electron chi connectivity index (χ1n) is 9.49. The molecule has 154 valence electrons. The zero-order valence-corrected chi connectivity index (χ0v) is 16.2. The van der Waals surface area contributed by atoms with Crippen molar-refractivity contribution in [3.05, 3.63) is 48.0 Å². The van der Waals surface area contributed by atoms with Gasteiger partial charge in [0, 0.05) is 18.0 Å². The molecule has 1 aliphatic rings. The number of anilines is 1. The molecule has 3 amide bonds. The van der Waals surface area contributed by atoms with Gasteiger partial charge in [0.25, 0.3) is 5.91 Å². The molecule has 0 unspecified atom stereocenters. The number of hydrogen-bond donors (Lipinski definition) is 1. The van der Waals surface area contributed by atoms with Crippen LogP contribution in [-0.2, 0) is 11.3 Å². The number of nitrogens with zero attached hydrogens (tertiary/aromatic N) is 3. The summed E-state index contributed by atoms with van der Waals surface area (Å²) in [7, 11) is 0. The van der Waals surface area contributed by atoms with Crippen LogP contribution >= 0.6 is 0 Å². The third-order valence-corrected chi connectivity index (χ3v) is 5.02. The molecule has 7 nitrogen and oxygen atoms in total. The number of fused-ring (bicyclic) bond motifs is 1. The van der Waals surface area contributed by atoms with Crippen molar-refractivity contribution in [2.24, 2.45) is 0 Å². The lowest BCUT2D eigenvalue weighted by atomic mass is 10.1. The smallest absolute Gasteiger partial charge is 0.329 e. The molecule has 2 heterocycles. The number of aromatic nitrogens is 1. The zero-order chi connectivity index (χ0) is 20.5. The highest BCUT2D eigenvalue weighted by atomic mass is 16.5. The minimum atomic E-state index is -0.424. The molecule has 0 aliphatic carbocycles. The average Bonchev–Trinajstić information content (AvgIpc) is 3.24. The van der Waals surface area contributed by atoms with Crippen LogP contribution in [0.5, 0.6) is 5.75 Å². The van der Waals surface area contributed by atoms with E-state index in [-0.39, 0.29) is 19.9 Å². The Morgan fingerprint density at radius 3 is 2.43 bits per heavy atom. The standard InChI is InChI=1S/C22H20N4O3.CH4/c1-3-25-19-11-16(29-4-2)9-10-17(19)18(12-23)21(25)14-5-7-15(8-6-14)26-20(27)13-24-22(26)28;/h5-11H,3-4,13H2,1-2H3,(H,24,28);1H4. The number of urea groups is 1. The summed E-state index contributed by atoms with van der Waals surface area (Å²) in [5, 5.41) is 13.2. The van der Waals surface area contributed by atoms with Crippen molar-refractivity contribution in [2.75, 3.05) is 18.1 Å². The predicted octanol–water partition coefficient (Wildman–Crippen LogP) is 4.29. The van der Waals surface area contributed by atoms with E-state index >= 15 is 0 Å². The predicted molar refractivity (Wildman–Crippen MR) is 117 cm³/mol. The zero-order valence-electron chi connectivity index (χ0n) is 16.2. The van der Waals surface area contributed by atoms with Crippen molar-refractivity contribution in [1.29, 1.82) is 5.26 Å². The minimum absolute atomic E-state index is 0. The first kappa shape index (κ1) is 20.9. The summed E-state index contributed by atoms with van der Waals surface area (Å²) >= 11 is 0. The summed E-state index contributed by atoms with van der Waals surface area (Å²) in [5.41, 5.74) is 3.68. The van der Waals surface area contributed by atoms with E-state index in [4.69, 9.17) is 4.74 Å². The maximum Gasteiger partial charge on any atom is 0.329 e. The van der Waals surface area contributed by atoms with Gasteiger partial charge in [0.2, 0.25) is 0 Å². The fourth-order valence-electron chi connectivity index (χ4n) is 3.78. The van der Waals surface area contributed by atoms with Gasteiger partial charge in [-0.05, 0) is 43.7 Å². The largest absolute Gasteiger partial charge is 0.494 e. The quantitative estimate of drug-likeness (QED) is 0.643. The number of nitriles is 1. The van der Waals surface area contributed by atoms with Gasteiger partial charge in [-0.3, -0.25) is 4.79 Å². The van der Waals surface area contributed by atoms with Crippen LogP contribution < -0.4 is 15.0 Å². The fraction of sp³-hybridized carbons (Fsp3) is 0.261. The number of benzene rings is 2. The molecule has 1 N–H and O–H groups in total. The molecular weight excluding hydrogens is 380 g/mol. The summed E-state index contributed by atoms with van der Waals surface area (Å²) in [6.45, 7) is 5.21. The average molecular weight is 404 g/mol. The number of aryl methyl sites for hydroxylation is 1. The first-order chi connectivity index (χ1) is 14.1. The molecular formula is C23H24N4O3. The molecule has 3 aromatic rings. The Labute approximate surface area is 175 Å². The van der Waals surface area contributed by atoms with Gasteiger partial charge in [0.05, 0.1) is 35.6 Å². The fourth-order valence-corrected chi connectivity index (χ4v) is 3.78. The molecule has 7 heteroatoms. The van der Waals surface area contributed by atoms with Crippen molar-refractivity contribution >= 4 is 28.5 Å². The molecule has 0 radical (unpaired) electrons. The van der Waals surface area contributed by atoms with Crippen molar-refractivity contribution < 1.29 is 14.3 Å². The van der Waals surface area contributed by atoms with Crippen molar-refractivity contribution in [3.63, 3.8) is 0 Å². The number of hydrogen-bond acceptors (Lipinski definition) is 4.